The van der Waals surface area contributed by atoms with Gasteiger partial charge in [0.25, 0.3) is 0 Å². The average Bonchev–Trinajstić information content (AvgIpc) is 3.44. The summed E-state index contributed by atoms with van der Waals surface area (Å²) in [6.07, 6.45) is 10.7. The van der Waals surface area contributed by atoms with E-state index >= 15 is 0 Å². The van der Waals surface area contributed by atoms with Crippen molar-refractivity contribution in [1.29, 1.82) is 0 Å². The van der Waals surface area contributed by atoms with Gasteiger partial charge in [-0.2, -0.15) is 0 Å². The van der Waals surface area contributed by atoms with Crippen LogP contribution in [0.5, 0.6) is 11.5 Å². The van der Waals surface area contributed by atoms with Crippen LogP contribution in [0.3, 0.4) is 0 Å². The molecule has 2 aromatic heterocycles. The molecule has 2 heterocycles. The summed E-state index contributed by atoms with van der Waals surface area (Å²) in [4.78, 5) is 8.12. The van der Waals surface area contributed by atoms with Gasteiger partial charge in [-0.3, -0.25) is 0 Å². The molecule has 0 aliphatic rings. The Labute approximate surface area is 175 Å². The number of rotatable bonds is 6. The fourth-order valence-electron chi connectivity index (χ4n) is 3.48. The lowest BCUT2D eigenvalue weighted by molar-refractivity contribution is 0.465. The fraction of sp³-hybridized carbons (Fsp3) is 0.167. The molecular weight excluding hydrogens is 376 g/mol. The number of phenolic OH excluding ortho intramolecular Hbond substituents is 2. The Morgan fingerprint density at radius 3 is 1.53 bits per heavy atom. The number of aromatic hydroxyl groups is 2. The second-order valence-corrected chi connectivity index (χ2v) is 7.41. The van der Waals surface area contributed by atoms with Crippen LogP contribution in [0.2, 0.25) is 0 Å². The maximum Gasteiger partial charge on any atom is 0.120 e. The quantitative estimate of drug-likeness (QED) is 0.466. The molecule has 0 fully saturated rings. The minimum atomic E-state index is 0.269. The van der Waals surface area contributed by atoms with Gasteiger partial charge in [-0.1, -0.05) is 12.1 Å². The van der Waals surface area contributed by atoms with E-state index in [1.165, 1.54) is 0 Å². The van der Waals surface area contributed by atoms with Crippen LogP contribution < -0.4 is 0 Å². The number of allylic oxidation sites excluding steroid dienone is 2. The molecule has 2 N–H and O–H groups in total. The Morgan fingerprint density at radius 2 is 1.17 bits per heavy atom. The van der Waals surface area contributed by atoms with Gasteiger partial charge in [-0.15, -0.1) is 0 Å². The molecule has 4 aromatic rings. The fourth-order valence-corrected chi connectivity index (χ4v) is 3.48. The van der Waals surface area contributed by atoms with E-state index in [4.69, 9.17) is 0 Å². The first kappa shape index (κ1) is 19.5. The molecule has 0 radical (unpaired) electrons. The van der Waals surface area contributed by atoms with Gasteiger partial charge >= 0.3 is 0 Å². The molecule has 0 spiro atoms. The van der Waals surface area contributed by atoms with Crippen molar-refractivity contribution >= 4 is 11.1 Å². The molecule has 0 aliphatic carbocycles. The molecule has 0 saturated heterocycles. The zero-order valence-corrected chi connectivity index (χ0v) is 17.0. The van der Waals surface area contributed by atoms with Crippen molar-refractivity contribution in [2.75, 3.05) is 0 Å². The highest BCUT2D eigenvalue weighted by Gasteiger charge is 2.10. The summed E-state index contributed by atoms with van der Waals surface area (Å²) in [7, 11) is 0. The number of aromatic nitrogens is 4. The molecule has 0 amide bonds. The highest BCUT2D eigenvalue weighted by molar-refractivity contribution is 5.89. The topological polar surface area (TPSA) is 76.1 Å². The van der Waals surface area contributed by atoms with Gasteiger partial charge in [0.2, 0.25) is 0 Å². The second kappa shape index (κ2) is 8.29. The minimum absolute atomic E-state index is 0.269. The molecule has 30 heavy (non-hydrogen) atoms. The standard InChI is InChI=1S/C24H24N4O2/c1-17(19-3-5-23(29)21(11-19)13-27-9-7-25-15-27)18(2)20-4-6-24(30)22(12-20)14-28-10-8-26-16-28/h3-12,15-16,29-30H,13-14H2,1-2H3/b18-17-. The van der Waals surface area contributed by atoms with Crippen molar-refractivity contribution in [1.82, 2.24) is 19.1 Å². The van der Waals surface area contributed by atoms with E-state index in [0.29, 0.717) is 13.1 Å². The molecule has 0 bridgehead atoms. The zero-order chi connectivity index (χ0) is 21.1. The van der Waals surface area contributed by atoms with Crippen molar-refractivity contribution in [3.63, 3.8) is 0 Å². The third-order valence-electron chi connectivity index (χ3n) is 5.41. The van der Waals surface area contributed by atoms with Crippen LogP contribution in [0.4, 0.5) is 0 Å². The number of phenols is 2. The molecule has 0 saturated carbocycles. The van der Waals surface area contributed by atoms with Gasteiger partial charge in [0.1, 0.15) is 11.5 Å². The van der Waals surface area contributed by atoms with Crippen LogP contribution in [0.15, 0.2) is 73.8 Å². The van der Waals surface area contributed by atoms with Crippen LogP contribution in [-0.4, -0.2) is 29.3 Å². The van der Waals surface area contributed by atoms with Crippen LogP contribution >= 0.6 is 0 Å². The first-order valence-electron chi connectivity index (χ1n) is 9.75. The monoisotopic (exact) mass is 400 g/mol. The number of nitrogens with zero attached hydrogens (tertiary/aromatic N) is 4. The van der Waals surface area contributed by atoms with Crippen molar-refractivity contribution in [3.8, 4) is 11.5 Å². The Kier molecular flexibility index (Phi) is 5.39. The van der Waals surface area contributed by atoms with E-state index in [0.717, 1.165) is 33.4 Å². The molecule has 152 valence electrons. The summed E-state index contributed by atoms with van der Waals surface area (Å²) in [5.41, 5.74) is 5.99. The lowest BCUT2D eigenvalue weighted by Gasteiger charge is -2.14. The predicted molar refractivity (Wildman–Crippen MR) is 117 cm³/mol. The van der Waals surface area contributed by atoms with Gasteiger partial charge in [0.15, 0.2) is 0 Å². The van der Waals surface area contributed by atoms with Crippen molar-refractivity contribution in [2.24, 2.45) is 0 Å². The Balaban J connectivity index is 1.66. The van der Waals surface area contributed by atoms with E-state index in [1.807, 2.05) is 45.8 Å². The van der Waals surface area contributed by atoms with Crippen LogP contribution in [0, 0.1) is 0 Å². The third kappa shape index (κ3) is 4.12. The summed E-state index contributed by atoms with van der Waals surface area (Å²) in [6.45, 7) is 5.26. The summed E-state index contributed by atoms with van der Waals surface area (Å²) in [5, 5.41) is 20.6. The van der Waals surface area contributed by atoms with Crippen molar-refractivity contribution < 1.29 is 10.2 Å². The Bertz CT molecular complexity index is 1080. The SMILES string of the molecule is C/C(=C(\C)c1ccc(O)c(Cn2ccnc2)c1)c1ccc(O)c(Cn2ccnc2)c1. The second-order valence-electron chi connectivity index (χ2n) is 7.41. The minimum Gasteiger partial charge on any atom is -0.508 e. The van der Waals surface area contributed by atoms with Crippen LogP contribution in [0.1, 0.15) is 36.1 Å². The van der Waals surface area contributed by atoms with Crippen LogP contribution in [0.25, 0.3) is 11.1 Å². The molecule has 2 aromatic carbocycles. The molecule has 4 rings (SSSR count). The molecule has 6 heteroatoms. The first-order valence-corrected chi connectivity index (χ1v) is 9.75. The van der Waals surface area contributed by atoms with Gasteiger partial charge in [0, 0.05) is 35.9 Å². The number of hydrogen-bond donors (Lipinski definition) is 2. The largest absolute Gasteiger partial charge is 0.508 e. The average molecular weight is 400 g/mol. The molecule has 0 unspecified atom stereocenters. The summed E-state index contributed by atoms with van der Waals surface area (Å²) in [5.74, 6) is 0.537. The van der Waals surface area contributed by atoms with E-state index in [1.54, 1.807) is 37.2 Å². The Hall–Kier alpha value is -3.80. The third-order valence-corrected chi connectivity index (χ3v) is 5.41. The molecule has 6 nitrogen and oxygen atoms in total. The van der Waals surface area contributed by atoms with Crippen LogP contribution in [-0.2, 0) is 13.1 Å². The van der Waals surface area contributed by atoms with E-state index < -0.39 is 0 Å². The summed E-state index contributed by atoms with van der Waals surface area (Å²) >= 11 is 0. The first-order chi connectivity index (χ1) is 14.5. The number of hydrogen-bond acceptors (Lipinski definition) is 4. The van der Waals surface area contributed by atoms with Gasteiger partial charge in [-0.05, 0) is 60.4 Å². The van der Waals surface area contributed by atoms with E-state index in [9.17, 15) is 10.2 Å². The number of imidazole rings is 2. The zero-order valence-electron chi connectivity index (χ0n) is 17.0. The summed E-state index contributed by atoms with van der Waals surface area (Å²) < 4.78 is 3.85. The van der Waals surface area contributed by atoms with E-state index in [2.05, 4.69) is 23.8 Å². The van der Waals surface area contributed by atoms with Gasteiger partial charge in [-0.25, -0.2) is 9.97 Å². The highest BCUT2D eigenvalue weighted by atomic mass is 16.3. The van der Waals surface area contributed by atoms with Crippen molar-refractivity contribution in [3.05, 3.63) is 96.1 Å². The Morgan fingerprint density at radius 1 is 0.733 bits per heavy atom. The van der Waals surface area contributed by atoms with E-state index in [-0.39, 0.29) is 11.5 Å². The van der Waals surface area contributed by atoms with Crippen molar-refractivity contribution in [2.45, 2.75) is 26.9 Å². The molecule has 0 atom stereocenters. The molecule has 0 aliphatic heterocycles. The van der Waals surface area contributed by atoms with Gasteiger partial charge in [0.05, 0.1) is 25.7 Å². The summed E-state index contributed by atoms with van der Waals surface area (Å²) in [6, 6.07) is 11.4. The van der Waals surface area contributed by atoms with Gasteiger partial charge < -0.3 is 19.3 Å². The molecular formula is C24H24N4O2. The number of benzene rings is 2. The normalized spacial score (nSPS) is 12.1. The maximum absolute atomic E-state index is 10.3. The predicted octanol–water partition coefficient (Wildman–Crippen LogP) is 4.54. The maximum atomic E-state index is 10.3. The lowest BCUT2D eigenvalue weighted by Crippen LogP contribution is -1.99. The lowest BCUT2D eigenvalue weighted by atomic mass is 9.94. The highest BCUT2D eigenvalue weighted by Crippen LogP contribution is 2.31. The smallest absolute Gasteiger partial charge is 0.120 e.